The summed E-state index contributed by atoms with van der Waals surface area (Å²) in [6, 6.07) is 0. The van der Waals surface area contributed by atoms with E-state index in [-0.39, 0.29) is 39.2 Å². The highest BCUT2D eigenvalue weighted by atomic mass is 28.4. The van der Waals surface area contributed by atoms with Crippen molar-refractivity contribution < 1.29 is 18.4 Å². The van der Waals surface area contributed by atoms with Gasteiger partial charge < -0.3 is 18.4 Å². The van der Waals surface area contributed by atoms with Crippen LogP contribution in [0.1, 0.15) is 76.2 Å². The molecule has 5 atom stereocenters. The highest BCUT2D eigenvalue weighted by Gasteiger charge is 2.43. The molecule has 0 spiro atoms. The first-order valence-corrected chi connectivity index (χ1v) is 22.9. The Hall–Kier alpha value is -0.0294. The van der Waals surface area contributed by atoms with Crippen LogP contribution in [0.3, 0.4) is 0 Å². The van der Waals surface area contributed by atoms with E-state index in [0.29, 0.717) is 6.61 Å². The second kappa shape index (κ2) is 13.1. The predicted molar refractivity (Wildman–Crippen MR) is 171 cm³/mol. The summed E-state index contributed by atoms with van der Waals surface area (Å²) in [5.41, 5.74) is 0. The van der Waals surface area contributed by atoms with E-state index in [2.05, 4.69) is 128 Å². The third kappa shape index (κ3) is 10.8. The third-order valence-electron chi connectivity index (χ3n) is 9.25. The molecular weight excluding hydrogens is 509 g/mol. The molecule has 0 bridgehead atoms. The van der Waals surface area contributed by atoms with Crippen LogP contribution in [0.4, 0.5) is 0 Å². The van der Waals surface area contributed by atoms with E-state index in [1.54, 1.807) is 0 Å². The lowest BCUT2D eigenvalue weighted by Gasteiger charge is -2.43. The minimum atomic E-state index is -2.12. The van der Waals surface area contributed by atoms with Gasteiger partial charge >= 0.3 is 0 Å². The molecule has 220 valence electrons. The Labute approximate surface area is 235 Å². The van der Waals surface area contributed by atoms with E-state index in [1.807, 2.05) is 12.2 Å². The minimum absolute atomic E-state index is 0.0485. The number of hydrogen-bond acceptors (Lipinski definition) is 4. The average Bonchev–Trinajstić information content (AvgIpc) is 2.69. The summed E-state index contributed by atoms with van der Waals surface area (Å²) in [5.74, 6) is 0.144. The second-order valence-corrected chi connectivity index (χ2v) is 30.0. The van der Waals surface area contributed by atoms with Crippen molar-refractivity contribution in [2.45, 2.75) is 149 Å². The Kier molecular flexibility index (Phi) is 13.1. The van der Waals surface area contributed by atoms with Crippen molar-refractivity contribution in [3.05, 3.63) is 24.8 Å². The quantitative estimate of drug-likeness (QED) is 0.176. The van der Waals surface area contributed by atoms with Gasteiger partial charge in [-0.05, 0) is 54.4 Å². The number of aliphatic hydroxyl groups is 1. The number of hydrogen-bond donors (Lipinski definition) is 1. The predicted octanol–water partition coefficient (Wildman–Crippen LogP) is 9.16. The molecule has 0 saturated heterocycles. The largest absolute Gasteiger partial charge is 0.416 e. The molecule has 0 aromatic rings. The summed E-state index contributed by atoms with van der Waals surface area (Å²) < 4.78 is 20.0. The fourth-order valence-electron chi connectivity index (χ4n) is 3.09. The van der Waals surface area contributed by atoms with Crippen LogP contribution < -0.4 is 0 Å². The molecule has 4 nitrogen and oxygen atoms in total. The Balaban J connectivity index is 5.89. The molecule has 0 aliphatic heterocycles. The van der Waals surface area contributed by atoms with E-state index in [1.165, 1.54) is 0 Å². The van der Waals surface area contributed by atoms with Crippen LogP contribution in [0, 0.1) is 11.8 Å². The molecule has 0 aromatic heterocycles. The summed E-state index contributed by atoms with van der Waals surface area (Å²) in [6.07, 6.45) is 4.74. The fraction of sp³-hybridized carbons (Fsp3) is 0.867. The minimum Gasteiger partial charge on any atom is -0.416 e. The second-order valence-electron chi connectivity index (χ2n) is 15.7. The van der Waals surface area contributed by atoms with Crippen LogP contribution in [0.15, 0.2) is 24.8 Å². The van der Waals surface area contributed by atoms with E-state index in [0.717, 1.165) is 0 Å². The zero-order valence-electron chi connectivity index (χ0n) is 27.7. The number of aliphatic hydroxyl groups excluding tert-OH is 1. The number of rotatable bonds is 13. The van der Waals surface area contributed by atoms with Gasteiger partial charge in [0.25, 0.3) is 0 Å². The molecule has 0 aliphatic rings. The maximum atomic E-state index is 11.5. The molecule has 1 N–H and O–H groups in total. The molecule has 0 amide bonds. The van der Waals surface area contributed by atoms with Crippen molar-refractivity contribution in [3.8, 4) is 0 Å². The van der Waals surface area contributed by atoms with Crippen molar-refractivity contribution in [2.75, 3.05) is 6.61 Å². The van der Waals surface area contributed by atoms with Gasteiger partial charge in [0, 0.05) is 18.4 Å². The third-order valence-corrected chi connectivity index (χ3v) is 22.7. The lowest BCUT2D eigenvalue weighted by molar-refractivity contribution is 0.00565. The summed E-state index contributed by atoms with van der Waals surface area (Å²) in [7, 11) is -5.97. The van der Waals surface area contributed by atoms with Crippen molar-refractivity contribution >= 4 is 25.0 Å². The summed E-state index contributed by atoms with van der Waals surface area (Å²) in [5, 5.41) is 11.8. The average molecular weight is 573 g/mol. The van der Waals surface area contributed by atoms with Gasteiger partial charge in [0.15, 0.2) is 25.0 Å². The summed E-state index contributed by atoms with van der Waals surface area (Å²) >= 11 is 0. The Morgan fingerprint density at radius 1 is 0.703 bits per heavy atom. The summed E-state index contributed by atoms with van der Waals surface area (Å²) in [4.78, 5) is 0. The lowest BCUT2D eigenvalue weighted by Crippen LogP contribution is -2.50. The Bertz CT molecular complexity index is 739. The van der Waals surface area contributed by atoms with Gasteiger partial charge in [0.05, 0.1) is 18.3 Å². The molecule has 0 fully saturated rings. The standard InChI is InChI=1S/C30H64O4Si3/c1-19-26(33-36(15,16)29(7,8)9)23(2)20-21-25(31)27(34-37(17,18)30(10,11)12)24(3)22-32-35(13,14)28(4,5)6/h19-21,23-27,31H,1,22H2,2-18H3/b21-20+/t23-,24-,25-,26+,27-/m1/s1. The fourth-order valence-corrected chi connectivity index (χ4v) is 6.95. The SMILES string of the molecule is C=C[C@H](O[Si](C)(C)C(C)(C)C)[C@H](C)/C=C/[C@@H](O)[C@H](O[Si](C)(C)C(C)(C)C)[C@H](C)CO[Si](C)(C)C(C)(C)C. The van der Waals surface area contributed by atoms with Crippen molar-refractivity contribution in [1.29, 1.82) is 0 Å². The van der Waals surface area contributed by atoms with Crippen molar-refractivity contribution in [1.82, 2.24) is 0 Å². The van der Waals surface area contributed by atoms with Gasteiger partial charge in [-0.2, -0.15) is 0 Å². The molecule has 7 heteroatoms. The Morgan fingerprint density at radius 3 is 1.49 bits per heavy atom. The molecule has 0 aliphatic carbocycles. The van der Waals surface area contributed by atoms with Gasteiger partial charge in [0.1, 0.15) is 0 Å². The van der Waals surface area contributed by atoms with Crippen LogP contribution >= 0.6 is 0 Å². The smallest absolute Gasteiger partial charge is 0.192 e. The molecule has 0 saturated carbocycles. The van der Waals surface area contributed by atoms with Crippen LogP contribution in [0.25, 0.3) is 0 Å². The van der Waals surface area contributed by atoms with Crippen LogP contribution in [0.5, 0.6) is 0 Å². The first-order chi connectivity index (χ1) is 16.2. The van der Waals surface area contributed by atoms with Gasteiger partial charge in [-0.15, -0.1) is 6.58 Å². The highest BCUT2D eigenvalue weighted by molar-refractivity contribution is 6.75. The van der Waals surface area contributed by atoms with E-state index in [9.17, 15) is 5.11 Å². The van der Waals surface area contributed by atoms with E-state index in [4.69, 9.17) is 13.3 Å². The van der Waals surface area contributed by atoms with E-state index >= 15 is 0 Å². The molecule has 0 radical (unpaired) electrons. The van der Waals surface area contributed by atoms with Crippen molar-refractivity contribution in [2.24, 2.45) is 11.8 Å². The van der Waals surface area contributed by atoms with Crippen LogP contribution in [0.2, 0.25) is 54.4 Å². The molecule has 0 unspecified atom stereocenters. The maximum Gasteiger partial charge on any atom is 0.192 e. The van der Waals surface area contributed by atoms with Crippen LogP contribution in [-0.2, 0) is 13.3 Å². The highest BCUT2D eigenvalue weighted by Crippen LogP contribution is 2.41. The topological polar surface area (TPSA) is 47.9 Å². The molecule has 37 heavy (non-hydrogen) atoms. The van der Waals surface area contributed by atoms with Crippen LogP contribution in [-0.4, -0.2) is 55.0 Å². The normalized spacial score (nSPS) is 19.0. The molecule has 0 aromatic carbocycles. The van der Waals surface area contributed by atoms with E-state index < -0.39 is 31.1 Å². The first-order valence-electron chi connectivity index (χ1n) is 14.2. The summed E-state index contributed by atoms with van der Waals surface area (Å²) in [6.45, 7) is 42.8. The zero-order chi connectivity index (χ0) is 29.8. The van der Waals surface area contributed by atoms with Gasteiger partial charge in [-0.3, -0.25) is 0 Å². The van der Waals surface area contributed by atoms with Gasteiger partial charge in [-0.1, -0.05) is 94.4 Å². The molecule has 0 rings (SSSR count). The Morgan fingerprint density at radius 2 is 1.11 bits per heavy atom. The van der Waals surface area contributed by atoms with Crippen molar-refractivity contribution in [3.63, 3.8) is 0 Å². The molecular formula is C30H64O4Si3. The monoisotopic (exact) mass is 572 g/mol. The zero-order valence-corrected chi connectivity index (χ0v) is 30.7. The van der Waals surface area contributed by atoms with Gasteiger partial charge in [0.2, 0.25) is 0 Å². The van der Waals surface area contributed by atoms with Gasteiger partial charge in [-0.25, -0.2) is 0 Å². The lowest BCUT2D eigenvalue weighted by atomic mass is 9.98. The maximum absolute atomic E-state index is 11.5. The molecule has 0 heterocycles. The first kappa shape index (κ1) is 37.0.